The number of carbonyl (C=O) groups is 1. The number of ether oxygens (including phenoxy) is 1. The Labute approximate surface area is 214 Å². The van der Waals surface area contributed by atoms with Crippen molar-refractivity contribution in [2.24, 2.45) is 0 Å². The van der Waals surface area contributed by atoms with Crippen molar-refractivity contribution in [3.63, 3.8) is 0 Å². The van der Waals surface area contributed by atoms with Gasteiger partial charge in [0.05, 0.1) is 17.6 Å². The first-order valence-electron chi connectivity index (χ1n) is 13.1. The van der Waals surface area contributed by atoms with Crippen molar-refractivity contribution in [2.75, 3.05) is 13.2 Å². The van der Waals surface area contributed by atoms with Crippen molar-refractivity contribution < 1.29 is 9.53 Å². The molecular formula is C31H37N3O2. The Morgan fingerprint density at radius 2 is 1.67 bits per heavy atom. The number of benzene rings is 3. The van der Waals surface area contributed by atoms with Gasteiger partial charge < -0.3 is 14.6 Å². The van der Waals surface area contributed by atoms with Crippen LogP contribution in [0, 0.1) is 0 Å². The quantitative estimate of drug-likeness (QED) is 0.227. The normalized spacial score (nSPS) is 11.2. The lowest BCUT2D eigenvalue weighted by Gasteiger charge is -2.14. The van der Waals surface area contributed by atoms with Gasteiger partial charge in [0.25, 0.3) is 0 Å². The Morgan fingerprint density at radius 1 is 0.917 bits per heavy atom. The van der Waals surface area contributed by atoms with Crippen LogP contribution in [0.3, 0.4) is 0 Å². The first kappa shape index (κ1) is 25.5. The number of carbonyl (C=O) groups excluding carboxylic acids is 1. The molecule has 0 aliphatic rings. The highest BCUT2D eigenvalue weighted by atomic mass is 16.5. The van der Waals surface area contributed by atoms with Gasteiger partial charge in [0, 0.05) is 25.9 Å². The summed E-state index contributed by atoms with van der Waals surface area (Å²) in [7, 11) is 0. The van der Waals surface area contributed by atoms with Gasteiger partial charge in [-0.3, -0.25) is 4.79 Å². The summed E-state index contributed by atoms with van der Waals surface area (Å²) in [5.74, 6) is 2.54. The Bertz CT molecular complexity index is 1250. The number of para-hydroxylation sites is 3. The number of hydrogen-bond acceptors (Lipinski definition) is 3. The summed E-state index contributed by atoms with van der Waals surface area (Å²) >= 11 is 0. The van der Waals surface area contributed by atoms with Gasteiger partial charge in [0.2, 0.25) is 5.91 Å². The Kier molecular flexibility index (Phi) is 9.15. The van der Waals surface area contributed by atoms with Gasteiger partial charge in [0.15, 0.2) is 0 Å². The van der Waals surface area contributed by atoms with Crippen molar-refractivity contribution >= 4 is 16.9 Å². The van der Waals surface area contributed by atoms with Gasteiger partial charge in [-0.1, -0.05) is 74.5 Å². The van der Waals surface area contributed by atoms with Crippen molar-refractivity contribution in [3.05, 3.63) is 95.8 Å². The van der Waals surface area contributed by atoms with Crippen molar-refractivity contribution in [1.29, 1.82) is 0 Å². The summed E-state index contributed by atoms with van der Waals surface area (Å²) in [5.41, 5.74) is 4.59. The number of unbranched alkanes of at least 4 members (excludes halogenated alkanes) is 1. The standard InChI is InChI=1S/C31H37N3O2/c1-24(2)26-14-6-9-17-29(26)36-23-11-10-22-34-28-16-8-7-15-27(28)33-30(34)20-21-32-31(35)19-18-25-12-4-3-5-13-25/h3-9,12-17,24H,10-11,18-23H2,1-2H3,(H,32,35). The van der Waals surface area contributed by atoms with Gasteiger partial charge in [0.1, 0.15) is 11.6 Å². The van der Waals surface area contributed by atoms with Crippen molar-refractivity contribution in [2.45, 2.75) is 58.4 Å². The number of aromatic nitrogens is 2. The molecule has 1 aromatic heterocycles. The first-order chi connectivity index (χ1) is 17.6. The van der Waals surface area contributed by atoms with E-state index in [1.807, 2.05) is 30.3 Å². The molecule has 0 saturated carbocycles. The maximum absolute atomic E-state index is 12.3. The third-order valence-corrected chi connectivity index (χ3v) is 6.46. The van der Waals surface area contributed by atoms with Gasteiger partial charge in [-0.15, -0.1) is 0 Å². The van der Waals surface area contributed by atoms with E-state index in [0.29, 0.717) is 31.9 Å². The second-order valence-corrected chi connectivity index (χ2v) is 9.50. The largest absolute Gasteiger partial charge is 0.493 e. The van der Waals surface area contributed by atoms with Gasteiger partial charge in [-0.2, -0.15) is 0 Å². The number of hydrogen-bond donors (Lipinski definition) is 1. The van der Waals surface area contributed by atoms with Crippen molar-refractivity contribution in [3.8, 4) is 5.75 Å². The van der Waals surface area contributed by atoms with E-state index < -0.39 is 0 Å². The highest BCUT2D eigenvalue weighted by molar-refractivity contribution is 5.77. The van der Waals surface area contributed by atoms with E-state index in [9.17, 15) is 4.79 Å². The minimum Gasteiger partial charge on any atom is -0.493 e. The summed E-state index contributed by atoms with van der Waals surface area (Å²) in [4.78, 5) is 17.2. The zero-order valence-electron chi connectivity index (χ0n) is 21.5. The Hall–Kier alpha value is -3.60. The molecule has 5 nitrogen and oxygen atoms in total. The molecule has 1 heterocycles. The Balaban J connectivity index is 1.28. The van der Waals surface area contributed by atoms with E-state index in [1.54, 1.807) is 0 Å². The minimum absolute atomic E-state index is 0.0836. The maximum atomic E-state index is 12.3. The Morgan fingerprint density at radius 3 is 2.50 bits per heavy atom. The van der Waals surface area contributed by atoms with Crippen LogP contribution in [-0.2, 0) is 24.2 Å². The van der Waals surface area contributed by atoms with Crippen LogP contribution in [0.1, 0.15) is 56.0 Å². The molecule has 36 heavy (non-hydrogen) atoms. The number of fused-ring (bicyclic) bond motifs is 1. The molecule has 3 aromatic carbocycles. The van der Waals surface area contributed by atoms with Gasteiger partial charge >= 0.3 is 0 Å². The zero-order valence-corrected chi connectivity index (χ0v) is 21.5. The topological polar surface area (TPSA) is 56.1 Å². The number of nitrogens with zero attached hydrogens (tertiary/aromatic N) is 2. The second kappa shape index (κ2) is 12.9. The smallest absolute Gasteiger partial charge is 0.220 e. The fourth-order valence-corrected chi connectivity index (χ4v) is 4.51. The van der Waals surface area contributed by atoms with E-state index in [2.05, 4.69) is 72.3 Å². The number of amides is 1. The molecule has 0 saturated heterocycles. The van der Waals surface area contributed by atoms with Crippen LogP contribution in [0.2, 0.25) is 0 Å². The van der Waals surface area contributed by atoms with Crippen LogP contribution in [-0.4, -0.2) is 28.6 Å². The summed E-state index contributed by atoms with van der Waals surface area (Å²) in [6.07, 6.45) is 3.94. The molecule has 0 spiro atoms. The number of imidazole rings is 1. The lowest BCUT2D eigenvalue weighted by atomic mass is 10.0. The molecule has 0 atom stereocenters. The molecule has 0 aliphatic heterocycles. The van der Waals surface area contributed by atoms with Crippen LogP contribution in [0.5, 0.6) is 5.75 Å². The molecule has 188 valence electrons. The average molecular weight is 484 g/mol. The molecule has 4 aromatic rings. The summed E-state index contributed by atoms with van der Waals surface area (Å²) in [5, 5.41) is 3.07. The van der Waals surface area contributed by atoms with E-state index in [1.165, 1.54) is 11.1 Å². The predicted molar refractivity (Wildman–Crippen MR) is 146 cm³/mol. The van der Waals surface area contributed by atoms with Gasteiger partial charge in [-0.25, -0.2) is 4.98 Å². The number of aryl methyl sites for hydroxylation is 2. The number of nitrogens with one attached hydrogen (secondary N) is 1. The van der Waals surface area contributed by atoms with E-state index in [0.717, 1.165) is 48.4 Å². The summed E-state index contributed by atoms with van der Waals surface area (Å²) < 4.78 is 8.41. The SMILES string of the molecule is CC(C)c1ccccc1OCCCCn1c(CCNC(=O)CCc2ccccc2)nc2ccccc21. The molecule has 1 amide bonds. The molecule has 0 aliphatic carbocycles. The van der Waals surface area contributed by atoms with E-state index in [-0.39, 0.29) is 5.91 Å². The second-order valence-electron chi connectivity index (χ2n) is 9.50. The zero-order chi connectivity index (χ0) is 25.2. The summed E-state index contributed by atoms with van der Waals surface area (Å²) in [6.45, 7) is 6.56. The average Bonchev–Trinajstić information content (AvgIpc) is 3.25. The number of rotatable bonds is 13. The maximum Gasteiger partial charge on any atom is 0.220 e. The lowest BCUT2D eigenvalue weighted by molar-refractivity contribution is -0.121. The highest BCUT2D eigenvalue weighted by Crippen LogP contribution is 2.26. The summed E-state index contributed by atoms with van der Waals surface area (Å²) in [6, 6.07) is 26.7. The van der Waals surface area contributed by atoms with Crippen LogP contribution in [0.15, 0.2) is 78.9 Å². The minimum atomic E-state index is 0.0836. The molecular weight excluding hydrogens is 446 g/mol. The molecule has 4 rings (SSSR count). The van der Waals surface area contributed by atoms with Crippen LogP contribution >= 0.6 is 0 Å². The van der Waals surface area contributed by atoms with Crippen LogP contribution in [0.4, 0.5) is 0 Å². The first-order valence-corrected chi connectivity index (χ1v) is 13.1. The molecule has 0 unspecified atom stereocenters. The molecule has 0 fully saturated rings. The predicted octanol–water partition coefficient (Wildman–Crippen LogP) is 6.31. The fourth-order valence-electron chi connectivity index (χ4n) is 4.51. The lowest BCUT2D eigenvalue weighted by Crippen LogP contribution is -2.26. The van der Waals surface area contributed by atoms with Crippen LogP contribution < -0.4 is 10.1 Å². The molecule has 0 bridgehead atoms. The monoisotopic (exact) mass is 483 g/mol. The van der Waals surface area contributed by atoms with Crippen LogP contribution in [0.25, 0.3) is 11.0 Å². The molecule has 1 N–H and O–H groups in total. The molecule has 5 heteroatoms. The van der Waals surface area contributed by atoms with E-state index >= 15 is 0 Å². The third kappa shape index (κ3) is 6.97. The third-order valence-electron chi connectivity index (χ3n) is 6.46. The highest BCUT2D eigenvalue weighted by Gasteiger charge is 2.11. The van der Waals surface area contributed by atoms with E-state index in [4.69, 9.17) is 9.72 Å². The van der Waals surface area contributed by atoms with Crippen molar-refractivity contribution in [1.82, 2.24) is 14.9 Å². The van der Waals surface area contributed by atoms with Gasteiger partial charge in [-0.05, 0) is 54.5 Å². The fraction of sp³-hybridized carbons (Fsp3) is 0.355. The molecule has 0 radical (unpaired) electrons.